The number of hydrogen-bond acceptors (Lipinski definition) is 7. The van der Waals surface area contributed by atoms with Crippen LogP contribution in [0.5, 0.6) is 0 Å². The van der Waals surface area contributed by atoms with Gasteiger partial charge in [-0.05, 0) is 61.9 Å². The number of aldehydes is 1. The molecule has 164 valence electrons. The predicted molar refractivity (Wildman–Crippen MR) is 120 cm³/mol. The summed E-state index contributed by atoms with van der Waals surface area (Å²) in [4.78, 5) is 15.5. The van der Waals surface area contributed by atoms with Crippen molar-refractivity contribution in [2.45, 2.75) is 24.3 Å². The second-order valence-corrected chi connectivity index (χ2v) is 9.66. The average molecular weight is 472 g/mol. The summed E-state index contributed by atoms with van der Waals surface area (Å²) >= 11 is 6.16. The molecule has 0 aliphatic rings. The zero-order chi connectivity index (χ0) is 23.1. The first-order valence-electron chi connectivity index (χ1n) is 9.41. The van der Waals surface area contributed by atoms with E-state index in [0.717, 1.165) is 0 Å². The van der Waals surface area contributed by atoms with E-state index >= 15 is 0 Å². The van der Waals surface area contributed by atoms with Gasteiger partial charge in [0.2, 0.25) is 5.65 Å². The molecule has 2 aromatic heterocycles. The molecule has 2 heterocycles. The van der Waals surface area contributed by atoms with Gasteiger partial charge in [0.05, 0.1) is 21.9 Å². The average Bonchev–Trinajstić information content (AvgIpc) is 3.18. The smallest absolute Gasteiger partial charge is 0.261 e. The second-order valence-electron chi connectivity index (χ2n) is 7.54. The van der Waals surface area contributed by atoms with Gasteiger partial charge in [-0.2, -0.15) is 0 Å². The van der Waals surface area contributed by atoms with Gasteiger partial charge in [0.15, 0.2) is 0 Å². The van der Waals surface area contributed by atoms with Gasteiger partial charge in [0.1, 0.15) is 11.8 Å². The molecule has 2 aromatic carbocycles. The van der Waals surface area contributed by atoms with Crippen molar-refractivity contribution in [2.24, 2.45) is 0 Å². The van der Waals surface area contributed by atoms with Crippen LogP contribution in [0.3, 0.4) is 0 Å². The molecule has 0 saturated heterocycles. The minimum absolute atomic E-state index is 0.0741. The highest BCUT2D eigenvalue weighted by molar-refractivity contribution is 7.92. The lowest BCUT2D eigenvalue weighted by Gasteiger charge is -2.20. The highest BCUT2D eigenvalue weighted by Crippen LogP contribution is 2.30. The fourth-order valence-electron chi connectivity index (χ4n) is 3.28. The van der Waals surface area contributed by atoms with E-state index < -0.39 is 15.6 Å². The number of nitrogens with one attached hydrogen (secondary N) is 1. The molecule has 4 rings (SSSR count). The van der Waals surface area contributed by atoms with Crippen LogP contribution in [0.15, 0.2) is 59.6 Å². The molecule has 0 amide bonds. The first-order chi connectivity index (χ1) is 15.1. The number of benzene rings is 2. The largest absolute Gasteiger partial charge is 0.386 e. The molecule has 0 spiro atoms. The summed E-state index contributed by atoms with van der Waals surface area (Å²) < 4.78 is 30.2. The van der Waals surface area contributed by atoms with E-state index in [0.29, 0.717) is 33.7 Å². The number of aromatic nitrogens is 4. The number of anilines is 1. The Balaban J connectivity index is 1.79. The van der Waals surface area contributed by atoms with Gasteiger partial charge in [0.25, 0.3) is 10.0 Å². The number of halogens is 1. The Morgan fingerprint density at radius 3 is 2.66 bits per heavy atom. The van der Waals surface area contributed by atoms with Gasteiger partial charge in [-0.1, -0.05) is 22.9 Å². The Morgan fingerprint density at radius 1 is 1.16 bits per heavy atom. The maximum Gasteiger partial charge on any atom is 0.261 e. The van der Waals surface area contributed by atoms with Gasteiger partial charge in [-0.25, -0.2) is 18.1 Å². The Hall–Kier alpha value is -3.34. The van der Waals surface area contributed by atoms with E-state index in [1.165, 1.54) is 48.9 Å². The standard InChI is InChI=1S/C21H18ClN5O4S/c1-21(2,29)16-7-6-15(10-13(16)12-28)32(30,31)25-17-8-5-14(22)11-19(17)27-18-4-3-9-23-20(18)24-26-27/h3-12,25,29H,1-2H3. The predicted octanol–water partition coefficient (Wildman–Crippen LogP) is 3.31. The number of hydrogen-bond donors (Lipinski definition) is 2. The summed E-state index contributed by atoms with van der Waals surface area (Å²) in [5.41, 5.74) is 0.583. The molecule has 9 nitrogen and oxygen atoms in total. The maximum atomic E-state index is 13.1. The molecule has 0 aliphatic heterocycles. The fourth-order valence-corrected chi connectivity index (χ4v) is 4.55. The number of pyridine rings is 1. The van der Waals surface area contributed by atoms with Crippen molar-refractivity contribution in [3.63, 3.8) is 0 Å². The third-order valence-corrected chi connectivity index (χ3v) is 6.37. The Kier molecular flexibility index (Phi) is 5.45. The number of nitrogens with zero attached hydrogens (tertiary/aromatic N) is 4. The molecule has 32 heavy (non-hydrogen) atoms. The molecule has 11 heteroatoms. The molecule has 0 bridgehead atoms. The maximum absolute atomic E-state index is 13.1. The number of carbonyl (C=O) groups is 1. The van der Waals surface area contributed by atoms with E-state index in [9.17, 15) is 18.3 Å². The zero-order valence-corrected chi connectivity index (χ0v) is 18.6. The molecule has 0 atom stereocenters. The third kappa shape index (κ3) is 4.07. The van der Waals surface area contributed by atoms with E-state index in [4.69, 9.17) is 11.6 Å². The highest BCUT2D eigenvalue weighted by Gasteiger charge is 2.24. The first kappa shape index (κ1) is 21.9. The van der Waals surface area contributed by atoms with Crippen LogP contribution in [-0.4, -0.2) is 39.8 Å². The number of sulfonamides is 1. The molecular weight excluding hydrogens is 454 g/mol. The lowest BCUT2D eigenvalue weighted by molar-refractivity contribution is 0.0767. The van der Waals surface area contributed by atoms with Crippen molar-refractivity contribution in [1.29, 1.82) is 0 Å². The summed E-state index contributed by atoms with van der Waals surface area (Å²) in [5, 5.41) is 18.7. The quantitative estimate of drug-likeness (QED) is 0.413. The lowest BCUT2D eigenvalue weighted by Crippen LogP contribution is -2.20. The Bertz CT molecular complexity index is 1440. The van der Waals surface area contributed by atoms with Crippen molar-refractivity contribution >= 4 is 44.8 Å². The minimum Gasteiger partial charge on any atom is -0.386 e. The molecule has 0 saturated carbocycles. The minimum atomic E-state index is -4.10. The van der Waals surface area contributed by atoms with Gasteiger partial charge in [-0.3, -0.25) is 9.52 Å². The van der Waals surface area contributed by atoms with Crippen LogP contribution in [0.4, 0.5) is 5.69 Å². The number of carbonyl (C=O) groups excluding carboxylic acids is 1. The van der Waals surface area contributed by atoms with Crippen LogP contribution in [0.2, 0.25) is 5.02 Å². The highest BCUT2D eigenvalue weighted by atomic mass is 35.5. The molecule has 0 aliphatic carbocycles. The van der Waals surface area contributed by atoms with Gasteiger partial charge < -0.3 is 5.11 Å². The van der Waals surface area contributed by atoms with Crippen molar-refractivity contribution in [3.8, 4) is 5.69 Å². The van der Waals surface area contributed by atoms with Crippen LogP contribution in [0.1, 0.15) is 29.8 Å². The Labute approximate surface area is 188 Å². The zero-order valence-electron chi connectivity index (χ0n) is 17.0. The summed E-state index contributed by atoms with van der Waals surface area (Å²) in [6, 6.07) is 12.0. The summed E-state index contributed by atoms with van der Waals surface area (Å²) in [6.07, 6.45) is 2.08. The van der Waals surface area contributed by atoms with Crippen molar-refractivity contribution in [2.75, 3.05) is 4.72 Å². The van der Waals surface area contributed by atoms with Crippen molar-refractivity contribution in [1.82, 2.24) is 20.0 Å². The van der Waals surface area contributed by atoms with Crippen LogP contribution in [0.25, 0.3) is 16.9 Å². The van der Waals surface area contributed by atoms with E-state index in [-0.39, 0.29) is 16.1 Å². The Morgan fingerprint density at radius 2 is 1.94 bits per heavy atom. The number of aliphatic hydroxyl groups is 1. The molecule has 0 radical (unpaired) electrons. The van der Waals surface area contributed by atoms with E-state index in [1.807, 2.05) is 0 Å². The molecule has 0 fully saturated rings. The SMILES string of the molecule is CC(C)(O)c1ccc(S(=O)(=O)Nc2ccc(Cl)cc2-n2nnc3ncccc32)cc1C=O. The van der Waals surface area contributed by atoms with Crippen LogP contribution >= 0.6 is 11.6 Å². The van der Waals surface area contributed by atoms with Gasteiger partial charge in [0, 0.05) is 16.8 Å². The van der Waals surface area contributed by atoms with Gasteiger partial charge >= 0.3 is 0 Å². The van der Waals surface area contributed by atoms with Crippen LogP contribution in [0, 0.1) is 0 Å². The summed E-state index contributed by atoms with van der Waals surface area (Å²) in [5.74, 6) is 0. The number of fused-ring (bicyclic) bond motifs is 1. The molecular formula is C21H18ClN5O4S. The second kappa shape index (κ2) is 7.97. The first-order valence-corrected chi connectivity index (χ1v) is 11.3. The monoisotopic (exact) mass is 471 g/mol. The number of rotatable bonds is 6. The van der Waals surface area contributed by atoms with E-state index in [1.54, 1.807) is 24.4 Å². The van der Waals surface area contributed by atoms with Crippen LogP contribution < -0.4 is 4.72 Å². The lowest BCUT2D eigenvalue weighted by atomic mass is 9.94. The topological polar surface area (TPSA) is 127 Å². The van der Waals surface area contributed by atoms with Crippen molar-refractivity contribution < 1.29 is 18.3 Å². The van der Waals surface area contributed by atoms with Crippen molar-refractivity contribution in [3.05, 3.63) is 70.9 Å². The molecule has 2 N–H and O–H groups in total. The van der Waals surface area contributed by atoms with E-state index in [2.05, 4.69) is 20.0 Å². The van der Waals surface area contributed by atoms with Crippen LogP contribution in [-0.2, 0) is 15.6 Å². The third-order valence-electron chi connectivity index (χ3n) is 4.77. The molecule has 0 unspecified atom stereocenters. The summed E-state index contributed by atoms with van der Waals surface area (Å²) in [6.45, 7) is 3.03. The summed E-state index contributed by atoms with van der Waals surface area (Å²) in [7, 11) is -4.10. The normalized spacial score (nSPS) is 12.1. The fraction of sp³-hybridized carbons (Fsp3) is 0.143. The van der Waals surface area contributed by atoms with Gasteiger partial charge in [-0.15, -0.1) is 5.10 Å². The molecule has 4 aromatic rings.